The number of alkyl halides is 18. The van der Waals surface area contributed by atoms with Crippen molar-refractivity contribution in [1.29, 1.82) is 0 Å². The van der Waals surface area contributed by atoms with Crippen LogP contribution >= 0.6 is 31.4 Å². The molecule has 0 saturated heterocycles. The van der Waals surface area contributed by atoms with Gasteiger partial charge in [-0.3, -0.25) is 18.9 Å². The molecule has 0 aromatic carbocycles. The van der Waals surface area contributed by atoms with Gasteiger partial charge in [-0.25, -0.2) is 13.3 Å². The van der Waals surface area contributed by atoms with Crippen LogP contribution in [0.15, 0.2) is 0 Å². The molecular formula is C38H71F20O11P4+. The molecule has 0 amide bonds. The van der Waals surface area contributed by atoms with Crippen LogP contribution in [-0.4, -0.2) is 107 Å². The molecule has 35 heteroatoms. The minimum atomic E-state index is -6.47. The Bertz CT molecular complexity index is 1470. The van der Waals surface area contributed by atoms with Crippen LogP contribution < -0.4 is 0 Å². The van der Waals surface area contributed by atoms with Crippen LogP contribution in [-0.2, 0) is 18.3 Å². The Balaban J connectivity index is -0.000000197. The second-order valence-corrected chi connectivity index (χ2v) is 21.2. The summed E-state index contributed by atoms with van der Waals surface area (Å²) in [7, 11) is -16.0. The van der Waals surface area contributed by atoms with Crippen molar-refractivity contribution in [1.82, 2.24) is 0 Å². The minimum Gasteiger partial charge on any atom is -0.324 e. The molecule has 1 unspecified atom stereocenters. The maximum atomic E-state index is 12.3. The highest BCUT2D eigenvalue weighted by Crippen LogP contribution is 2.53. The SMILES string of the molecule is CC(F)(F)C(F)(F)C(F)(F)C(F)(F)CF.CC(F)(F)C(F)(F)C(F)(F)C(F)(F)CF.CCCCCCCCCCCCCCCCCCP(=O)(O)O.CCCCCCCCP(=O)(O)O.O=P(O)(O)F.O=[P+](O)F. The van der Waals surface area contributed by atoms with Crippen molar-refractivity contribution in [3.05, 3.63) is 0 Å². The van der Waals surface area contributed by atoms with E-state index in [1.165, 1.54) is 103 Å². The average molecular weight is 1210 g/mol. The molecule has 11 nitrogen and oxygen atoms in total. The normalized spacial score (nSPS) is 13.4. The molecule has 7 N–H and O–H groups in total. The van der Waals surface area contributed by atoms with E-state index in [9.17, 15) is 96.6 Å². The first kappa shape index (κ1) is 83.4. The molecule has 0 radical (unpaired) electrons. The number of hydrogen-bond donors (Lipinski definition) is 7. The second-order valence-electron chi connectivity index (χ2n) is 16.3. The Morgan fingerprint density at radius 2 is 0.534 bits per heavy atom. The Hall–Kier alpha value is -0.890. The summed E-state index contributed by atoms with van der Waals surface area (Å²) in [6, 6.07) is 0. The van der Waals surface area contributed by atoms with E-state index in [4.69, 9.17) is 43.4 Å². The molecular weight excluding hydrogens is 1140 g/mol. The predicted octanol–water partition coefficient (Wildman–Crippen LogP) is 16.6. The maximum absolute atomic E-state index is 12.3. The van der Waals surface area contributed by atoms with E-state index in [2.05, 4.69) is 13.8 Å². The smallest absolute Gasteiger partial charge is 0.324 e. The molecule has 0 fully saturated rings. The van der Waals surface area contributed by atoms with Crippen molar-refractivity contribution in [2.75, 3.05) is 25.7 Å². The highest BCUT2D eigenvalue weighted by molar-refractivity contribution is 7.52. The first-order valence-corrected chi connectivity index (χ1v) is 28.5. The lowest BCUT2D eigenvalue weighted by molar-refractivity contribution is -0.363. The molecule has 0 aromatic rings. The first-order chi connectivity index (χ1) is 32.5. The molecule has 0 saturated carbocycles. The fourth-order valence-electron chi connectivity index (χ4n) is 5.14. The van der Waals surface area contributed by atoms with Gasteiger partial charge in [-0.2, -0.15) is 70.2 Å². The topological polar surface area (TPSA) is 210 Å². The molecule has 0 spiro atoms. The van der Waals surface area contributed by atoms with Crippen LogP contribution in [0, 0.1) is 0 Å². The minimum absolute atomic E-state index is 0.0547. The average Bonchev–Trinajstić information content (AvgIpc) is 3.20. The highest BCUT2D eigenvalue weighted by Gasteiger charge is 2.80. The van der Waals surface area contributed by atoms with E-state index in [0.717, 1.165) is 25.7 Å². The van der Waals surface area contributed by atoms with E-state index in [-0.39, 0.29) is 12.3 Å². The van der Waals surface area contributed by atoms with Gasteiger partial charge in [-0.05, 0) is 12.8 Å². The lowest BCUT2D eigenvalue weighted by atomic mass is 10.0. The van der Waals surface area contributed by atoms with Crippen molar-refractivity contribution < 1.29 is 140 Å². The maximum Gasteiger partial charge on any atom is 0.743 e. The number of rotatable bonds is 32. The van der Waals surface area contributed by atoms with Crippen molar-refractivity contribution in [3.63, 3.8) is 0 Å². The van der Waals surface area contributed by atoms with E-state index < -0.39 is 106 Å². The number of halogens is 20. The van der Waals surface area contributed by atoms with E-state index >= 15 is 0 Å². The van der Waals surface area contributed by atoms with Gasteiger partial charge in [0.25, 0.3) is 0 Å². The third kappa shape index (κ3) is 44.8. The largest absolute Gasteiger partial charge is 0.743 e. The van der Waals surface area contributed by atoms with Gasteiger partial charge in [-0.1, -0.05) is 142 Å². The van der Waals surface area contributed by atoms with E-state index in [1.54, 1.807) is 0 Å². The van der Waals surface area contributed by atoms with Crippen molar-refractivity contribution >= 4 is 31.4 Å². The first-order valence-electron chi connectivity index (χ1n) is 22.3. The third-order valence-electron chi connectivity index (χ3n) is 9.25. The fraction of sp³-hybridized carbons (Fsp3) is 1.00. The Morgan fingerprint density at radius 3 is 0.658 bits per heavy atom. The Morgan fingerprint density at radius 1 is 0.384 bits per heavy atom. The van der Waals surface area contributed by atoms with E-state index in [1.807, 2.05) is 0 Å². The number of hydrogen-bond acceptors (Lipinski definition) is 4. The lowest BCUT2D eigenvalue weighted by Crippen LogP contribution is -2.62. The molecule has 0 bridgehead atoms. The van der Waals surface area contributed by atoms with Crippen molar-refractivity contribution in [2.24, 2.45) is 0 Å². The lowest BCUT2D eigenvalue weighted by Gasteiger charge is -2.34. The van der Waals surface area contributed by atoms with Crippen LogP contribution in [0.4, 0.5) is 87.4 Å². The summed E-state index contributed by atoms with van der Waals surface area (Å²) < 4.78 is 275. The number of unbranched alkanes of at least 4 members (excludes halogenated alkanes) is 20. The molecule has 1 atom stereocenters. The molecule has 0 rings (SSSR count). The molecule has 0 aromatic heterocycles. The zero-order chi connectivity index (χ0) is 59.5. The summed E-state index contributed by atoms with van der Waals surface area (Å²) in [4.78, 5) is 55.4. The molecule has 0 aliphatic carbocycles. The second kappa shape index (κ2) is 39.5. The van der Waals surface area contributed by atoms with Gasteiger partial charge >= 0.3 is 78.8 Å². The van der Waals surface area contributed by atoms with E-state index in [0.29, 0.717) is 12.8 Å². The van der Waals surface area contributed by atoms with Crippen molar-refractivity contribution in [2.45, 2.75) is 216 Å². The van der Waals surface area contributed by atoms with Crippen LogP contribution in [0.1, 0.15) is 169 Å². The van der Waals surface area contributed by atoms with Gasteiger partial charge in [0.05, 0.1) is 4.20 Å². The molecule has 73 heavy (non-hydrogen) atoms. The summed E-state index contributed by atoms with van der Waals surface area (Å²) in [5, 5.41) is 0. The Kier molecular flexibility index (Phi) is 45.1. The summed E-state index contributed by atoms with van der Waals surface area (Å²) >= 11 is 0. The predicted molar refractivity (Wildman–Crippen MR) is 234 cm³/mol. The van der Waals surface area contributed by atoms with Gasteiger partial charge < -0.3 is 19.6 Å². The van der Waals surface area contributed by atoms with Gasteiger partial charge in [0.2, 0.25) is 0 Å². The van der Waals surface area contributed by atoms with Crippen LogP contribution in [0.25, 0.3) is 0 Å². The summed E-state index contributed by atoms with van der Waals surface area (Å²) in [5.74, 6) is -48.1. The van der Waals surface area contributed by atoms with Crippen molar-refractivity contribution in [3.8, 4) is 0 Å². The molecule has 448 valence electrons. The van der Waals surface area contributed by atoms with Gasteiger partial charge in [0.15, 0.2) is 13.3 Å². The standard InChI is InChI=1S/C18H39O3P.C8H19O3P.2C6H5F9.FH2O3P.FO2P/c1-2-3-4-5-6-7-8-9-10-11-12-13-14-15-16-17-18-22(19,20)21;1-2-3-4-5-6-7-8-12(9,10)11;2*1-3(8,9)5(12,13)6(14,15)4(10,11)2-7;1-5(2,3)4;1-4(2)3/h2-18H2,1H3,(H2,19,20,21);2-8H2,1H3,(H2,9,10,11);2*2H2,1H3;(H2,2,3,4);/p+1. The van der Waals surface area contributed by atoms with Crippen LogP contribution in [0.5, 0.6) is 0 Å². The van der Waals surface area contributed by atoms with Crippen LogP contribution in [0.2, 0.25) is 0 Å². The van der Waals surface area contributed by atoms with Gasteiger partial charge in [0.1, 0.15) is 0 Å². The zero-order valence-corrected chi connectivity index (χ0v) is 44.1. The van der Waals surface area contributed by atoms with Crippen LogP contribution in [0.3, 0.4) is 0 Å². The highest BCUT2D eigenvalue weighted by atomic mass is 31.2. The van der Waals surface area contributed by atoms with Gasteiger partial charge in [-0.15, -0.1) is 9.09 Å². The Labute approximate surface area is 413 Å². The van der Waals surface area contributed by atoms with Gasteiger partial charge in [0, 0.05) is 30.7 Å². The summed E-state index contributed by atoms with van der Waals surface area (Å²) in [6.45, 7) is -3.22. The molecule has 0 aliphatic rings. The fourth-order valence-corrected chi connectivity index (χ4v) is 6.41. The monoisotopic (exact) mass is 1210 g/mol. The summed E-state index contributed by atoms with van der Waals surface area (Å²) in [5.41, 5.74) is 0. The molecule has 0 heterocycles. The quantitative estimate of drug-likeness (QED) is 0.0191. The molecule has 0 aliphatic heterocycles. The third-order valence-corrected chi connectivity index (χ3v) is 11.0. The summed E-state index contributed by atoms with van der Waals surface area (Å²) in [6.07, 6.45) is 27.0. The zero-order valence-electron chi connectivity index (χ0n) is 40.5.